The van der Waals surface area contributed by atoms with Crippen molar-refractivity contribution in [3.05, 3.63) is 62.8 Å². The molecule has 0 aliphatic heterocycles. The van der Waals surface area contributed by atoms with Gasteiger partial charge in [0.1, 0.15) is 5.82 Å². The van der Waals surface area contributed by atoms with Gasteiger partial charge in [-0.15, -0.1) is 0 Å². The molecule has 0 spiro atoms. The van der Waals surface area contributed by atoms with Crippen molar-refractivity contribution in [1.82, 2.24) is 0 Å². The number of anilines is 1. The lowest BCUT2D eigenvalue weighted by atomic mass is 10.2. The van der Waals surface area contributed by atoms with Crippen LogP contribution in [-0.2, 0) is 0 Å². The normalized spacial score (nSPS) is 10.3. The smallest absolute Gasteiger partial charge is 0.258 e. The van der Waals surface area contributed by atoms with Crippen LogP contribution in [0.25, 0.3) is 0 Å². The van der Waals surface area contributed by atoms with Crippen LogP contribution in [0.3, 0.4) is 0 Å². The summed E-state index contributed by atoms with van der Waals surface area (Å²) in [6.45, 7) is 1.94. The Kier molecular flexibility index (Phi) is 4.22. The Balaban J connectivity index is 2.28. The quantitative estimate of drug-likeness (QED) is 0.834. The topological polar surface area (TPSA) is 29.1 Å². The summed E-state index contributed by atoms with van der Waals surface area (Å²) in [5.41, 5.74) is 1.55. The lowest BCUT2D eigenvalue weighted by Gasteiger charge is -2.09. The fraction of sp³-hybridized carbons (Fsp3) is 0.0714. The Bertz CT molecular complexity index is 645. The summed E-state index contributed by atoms with van der Waals surface area (Å²) in [5.74, 6) is -1.14. The third-order valence-corrected chi connectivity index (χ3v) is 3.44. The molecule has 0 fully saturated rings. The van der Waals surface area contributed by atoms with Gasteiger partial charge in [0, 0.05) is 9.50 Å². The average Bonchev–Trinajstić information content (AvgIpc) is 2.35. The Morgan fingerprint density at radius 3 is 2.68 bits per heavy atom. The number of halogens is 3. The molecule has 2 rings (SSSR count). The van der Waals surface area contributed by atoms with Gasteiger partial charge in [0.25, 0.3) is 5.91 Å². The molecule has 0 saturated heterocycles. The molecular formula is C14H10BrClFNO. The number of amides is 1. The molecule has 5 heteroatoms. The Hall–Kier alpha value is -1.39. The maximum Gasteiger partial charge on any atom is 0.258 e. The number of nitrogens with one attached hydrogen (secondary N) is 1. The van der Waals surface area contributed by atoms with Gasteiger partial charge < -0.3 is 5.32 Å². The van der Waals surface area contributed by atoms with Crippen LogP contribution < -0.4 is 5.32 Å². The first-order valence-electron chi connectivity index (χ1n) is 5.50. The average molecular weight is 343 g/mol. The highest BCUT2D eigenvalue weighted by Crippen LogP contribution is 2.24. The van der Waals surface area contributed by atoms with Crippen LogP contribution in [0.2, 0.25) is 5.02 Å². The van der Waals surface area contributed by atoms with Gasteiger partial charge >= 0.3 is 0 Å². The Labute approximate surface area is 123 Å². The van der Waals surface area contributed by atoms with Gasteiger partial charge in [-0.05, 0) is 58.7 Å². The van der Waals surface area contributed by atoms with Gasteiger partial charge in [-0.2, -0.15) is 0 Å². The molecule has 1 N–H and O–H groups in total. The maximum atomic E-state index is 13.6. The van der Waals surface area contributed by atoms with E-state index in [1.165, 1.54) is 18.2 Å². The summed E-state index contributed by atoms with van der Waals surface area (Å²) in [4.78, 5) is 12.0. The molecule has 0 saturated carbocycles. The molecular weight excluding hydrogens is 333 g/mol. The number of carbonyl (C=O) groups is 1. The van der Waals surface area contributed by atoms with E-state index in [9.17, 15) is 9.18 Å². The van der Waals surface area contributed by atoms with E-state index in [0.717, 1.165) is 10.0 Å². The molecule has 2 nitrogen and oxygen atoms in total. The predicted octanol–water partition coefficient (Wildman–Crippen LogP) is 4.80. The summed E-state index contributed by atoms with van der Waals surface area (Å²) in [7, 11) is 0. The largest absolute Gasteiger partial charge is 0.321 e. The number of hydrogen-bond acceptors (Lipinski definition) is 1. The summed E-state index contributed by atoms with van der Waals surface area (Å²) in [6, 6.07) is 9.34. The van der Waals surface area contributed by atoms with Crippen molar-refractivity contribution in [1.29, 1.82) is 0 Å². The number of benzene rings is 2. The fourth-order valence-corrected chi connectivity index (χ4v) is 2.35. The fourth-order valence-electron chi connectivity index (χ4n) is 1.58. The molecule has 0 unspecified atom stereocenters. The van der Waals surface area contributed by atoms with E-state index in [0.29, 0.717) is 10.7 Å². The molecule has 0 heterocycles. The highest BCUT2D eigenvalue weighted by atomic mass is 79.9. The van der Waals surface area contributed by atoms with Crippen LogP contribution in [-0.4, -0.2) is 5.91 Å². The lowest BCUT2D eigenvalue weighted by Crippen LogP contribution is -2.14. The van der Waals surface area contributed by atoms with Crippen molar-refractivity contribution in [3.8, 4) is 0 Å². The second-order valence-electron chi connectivity index (χ2n) is 4.06. The monoisotopic (exact) mass is 341 g/mol. The Morgan fingerprint density at radius 2 is 2.00 bits per heavy atom. The van der Waals surface area contributed by atoms with E-state index in [2.05, 4.69) is 21.2 Å². The first-order chi connectivity index (χ1) is 8.97. The zero-order valence-electron chi connectivity index (χ0n) is 10.0. The molecule has 0 radical (unpaired) electrons. The molecule has 0 aromatic heterocycles. The van der Waals surface area contributed by atoms with Crippen LogP contribution in [0.5, 0.6) is 0 Å². The van der Waals surface area contributed by atoms with Gasteiger partial charge in [0.05, 0.1) is 11.3 Å². The SMILES string of the molecule is Cc1ccc(NC(=O)c2cc(Cl)ccc2F)c(Br)c1. The van der Waals surface area contributed by atoms with Crippen LogP contribution in [0.4, 0.5) is 10.1 Å². The van der Waals surface area contributed by atoms with Crippen molar-refractivity contribution in [2.24, 2.45) is 0 Å². The minimum absolute atomic E-state index is 0.0834. The van der Waals surface area contributed by atoms with Crippen molar-refractivity contribution in [2.75, 3.05) is 5.32 Å². The summed E-state index contributed by atoms with van der Waals surface area (Å²) in [6.07, 6.45) is 0. The maximum absolute atomic E-state index is 13.6. The van der Waals surface area contributed by atoms with E-state index in [1.807, 2.05) is 19.1 Å². The minimum Gasteiger partial charge on any atom is -0.321 e. The molecule has 98 valence electrons. The lowest BCUT2D eigenvalue weighted by molar-refractivity contribution is 0.102. The molecule has 0 aliphatic carbocycles. The predicted molar refractivity (Wildman–Crippen MR) is 78.2 cm³/mol. The third kappa shape index (κ3) is 3.33. The standard InChI is InChI=1S/C14H10BrClFNO/c1-8-2-5-13(11(15)6-8)18-14(19)10-7-9(16)3-4-12(10)17/h2-7H,1H3,(H,18,19). The molecule has 2 aromatic carbocycles. The van der Waals surface area contributed by atoms with Crippen molar-refractivity contribution in [2.45, 2.75) is 6.92 Å². The number of hydrogen-bond donors (Lipinski definition) is 1. The van der Waals surface area contributed by atoms with Gasteiger partial charge in [-0.25, -0.2) is 4.39 Å². The van der Waals surface area contributed by atoms with Gasteiger partial charge in [0.2, 0.25) is 0 Å². The molecule has 19 heavy (non-hydrogen) atoms. The van der Waals surface area contributed by atoms with Crippen molar-refractivity contribution < 1.29 is 9.18 Å². The molecule has 1 amide bonds. The van der Waals surface area contributed by atoms with Crippen LogP contribution in [0, 0.1) is 12.7 Å². The summed E-state index contributed by atoms with van der Waals surface area (Å²) < 4.78 is 14.3. The second-order valence-corrected chi connectivity index (χ2v) is 5.35. The summed E-state index contributed by atoms with van der Waals surface area (Å²) in [5, 5.41) is 2.95. The van der Waals surface area contributed by atoms with Crippen LogP contribution >= 0.6 is 27.5 Å². The third-order valence-electron chi connectivity index (χ3n) is 2.55. The molecule has 0 atom stereocenters. The van der Waals surface area contributed by atoms with E-state index in [-0.39, 0.29) is 5.56 Å². The zero-order valence-corrected chi connectivity index (χ0v) is 12.3. The molecule has 0 bridgehead atoms. The Morgan fingerprint density at radius 1 is 1.26 bits per heavy atom. The van der Waals surface area contributed by atoms with E-state index < -0.39 is 11.7 Å². The first kappa shape index (κ1) is 14.0. The molecule has 0 aliphatic rings. The van der Waals surface area contributed by atoms with Gasteiger partial charge in [0.15, 0.2) is 0 Å². The zero-order chi connectivity index (χ0) is 14.0. The highest BCUT2D eigenvalue weighted by Gasteiger charge is 2.13. The number of rotatable bonds is 2. The first-order valence-corrected chi connectivity index (χ1v) is 6.67. The van der Waals surface area contributed by atoms with Gasteiger partial charge in [-0.1, -0.05) is 17.7 Å². The van der Waals surface area contributed by atoms with Crippen molar-refractivity contribution >= 4 is 39.1 Å². The van der Waals surface area contributed by atoms with E-state index in [4.69, 9.17) is 11.6 Å². The highest BCUT2D eigenvalue weighted by molar-refractivity contribution is 9.10. The second kappa shape index (κ2) is 5.72. The number of aryl methyl sites for hydroxylation is 1. The van der Waals surface area contributed by atoms with Crippen LogP contribution in [0.15, 0.2) is 40.9 Å². The van der Waals surface area contributed by atoms with Gasteiger partial charge in [-0.3, -0.25) is 4.79 Å². The van der Waals surface area contributed by atoms with E-state index in [1.54, 1.807) is 6.07 Å². The molecule has 2 aromatic rings. The summed E-state index contributed by atoms with van der Waals surface area (Å²) >= 11 is 9.11. The van der Waals surface area contributed by atoms with Crippen LogP contribution in [0.1, 0.15) is 15.9 Å². The number of carbonyl (C=O) groups excluding carboxylic acids is 1. The van der Waals surface area contributed by atoms with E-state index >= 15 is 0 Å². The minimum atomic E-state index is -0.606. The van der Waals surface area contributed by atoms with Crippen molar-refractivity contribution in [3.63, 3.8) is 0 Å².